The van der Waals surface area contributed by atoms with Crippen molar-refractivity contribution in [2.45, 2.75) is 71.1 Å². The van der Waals surface area contributed by atoms with Crippen LogP contribution in [-0.4, -0.2) is 32.7 Å². The Balaban J connectivity index is 1.65. The number of thioether (sulfide) groups is 1. The van der Waals surface area contributed by atoms with Gasteiger partial charge in [0.05, 0.1) is 4.91 Å². The van der Waals surface area contributed by atoms with Crippen molar-refractivity contribution >= 4 is 46.3 Å². The van der Waals surface area contributed by atoms with Crippen molar-refractivity contribution in [3.8, 4) is 0 Å². The van der Waals surface area contributed by atoms with Gasteiger partial charge in [-0.05, 0) is 36.5 Å². The highest BCUT2D eigenvalue weighted by Gasteiger charge is 2.31. The number of carbonyl (C=O) groups is 2. The third-order valence-corrected chi connectivity index (χ3v) is 6.46. The quantitative estimate of drug-likeness (QED) is 0.233. The van der Waals surface area contributed by atoms with Gasteiger partial charge < -0.3 is 5.11 Å². The molecular weight excluding hydrogens is 402 g/mol. The number of rotatable bonds is 13. The van der Waals surface area contributed by atoms with Gasteiger partial charge in [-0.2, -0.15) is 0 Å². The van der Waals surface area contributed by atoms with Gasteiger partial charge in [0.2, 0.25) is 0 Å². The third kappa shape index (κ3) is 8.31. The first-order valence-electron chi connectivity index (χ1n) is 10.6. The summed E-state index contributed by atoms with van der Waals surface area (Å²) in [4.78, 5) is 25.6. The van der Waals surface area contributed by atoms with Crippen LogP contribution in [0.2, 0.25) is 0 Å². The molecule has 29 heavy (non-hydrogen) atoms. The Labute approximate surface area is 183 Å². The van der Waals surface area contributed by atoms with Gasteiger partial charge in [0.25, 0.3) is 5.91 Å². The molecule has 0 bridgehead atoms. The average molecular weight is 434 g/mol. The molecule has 158 valence electrons. The van der Waals surface area contributed by atoms with E-state index in [-0.39, 0.29) is 12.3 Å². The molecule has 0 atom stereocenters. The molecule has 1 aromatic carbocycles. The average Bonchev–Trinajstić information content (AvgIpc) is 2.96. The number of carboxylic acid groups (broad SMARTS) is 1. The maximum Gasteiger partial charge on any atom is 0.303 e. The molecule has 1 amide bonds. The van der Waals surface area contributed by atoms with Gasteiger partial charge in [-0.25, -0.2) is 0 Å². The number of hydrogen-bond donors (Lipinski definition) is 1. The van der Waals surface area contributed by atoms with Crippen molar-refractivity contribution in [2.75, 3.05) is 6.54 Å². The van der Waals surface area contributed by atoms with Crippen LogP contribution in [0.3, 0.4) is 0 Å². The minimum atomic E-state index is -0.704. The zero-order valence-electron chi connectivity index (χ0n) is 17.2. The zero-order chi connectivity index (χ0) is 21.1. The number of hydrogen-bond acceptors (Lipinski definition) is 4. The van der Waals surface area contributed by atoms with E-state index >= 15 is 0 Å². The topological polar surface area (TPSA) is 57.6 Å². The molecular formula is C23H31NO3S2. The summed E-state index contributed by atoms with van der Waals surface area (Å²) < 4.78 is 0.657. The number of benzene rings is 1. The Morgan fingerprint density at radius 2 is 1.62 bits per heavy atom. The molecule has 0 aliphatic carbocycles. The lowest BCUT2D eigenvalue weighted by Crippen LogP contribution is -2.29. The summed E-state index contributed by atoms with van der Waals surface area (Å²) in [7, 11) is 0. The number of carbonyl (C=O) groups excluding carboxylic acids is 1. The van der Waals surface area contributed by atoms with E-state index in [1.807, 2.05) is 18.2 Å². The molecule has 0 radical (unpaired) electrons. The smallest absolute Gasteiger partial charge is 0.303 e. The molecule has 1 aliphatic heterocycles. The highest BCUT2D eigenvalue weighted by Crippen LogP contribution is 2.32. The second-order valence-electron chi connectivity index (χ2n) is 7.40. The van der Waals surface area contributed by atoms with E-state index in [4.69, 9.17) is 17.3 Å². The van der Waals surface area contributed by atoms with Crippen molar-refractivity contribution in [3.05, 3.63) is 40.3 Å². The van der Waals surface area contributed by atoms with Crippen LogP contribution in [0.4, 0.5) is 0 Å². The molecule has 0 aromatic heterocycles. The lowest BCUT2D eigenvalue weighted by atomic mass is 10.1. The Morgan fingerprint density at radius 1 is 1.03 bits per heavy atom. The molecule has 1 heterocycles. The standard InChI is InChI=1S/C23H31NO3S2/c1-2-18-12-14-19(15-13-18)17-20-22(27)24(23(28)29-20)16-10-8-6-4-3-5-7-9-11-21(25)26/h12-15,17H,2-11,16H2,1H3,(H,25,26)/b20-17-. The van der Waals surface area contributed by atoms with Gasteiger partial charge in [0, 0.05) is 13.0 Å². The fraction of sp³-hybridized carbons (Fsp3) is 0.522. The molecule has 4 nitrogen and oxygen atoms in total. The Morgan fingerprint density at radius 3 is 2.21 bits per heavy atom. The SMILES string of the molecule is CCc1ccc(/C=C2\SC(=S)N(CCCCCCCCCCC(=O)O)C2=O)cc1. The number of aryl methyl sites for hydroxylation is 1. The minimum absolute atomic E-state index is 0.0259. The summed E-state index contributed by atoms with van der Waals surface area (Å²) in [5.74, 6) is -0.678. The van der Waals surface area contributed by atoms with Crippen LogP contribution in [0.15, 0.2) is 29.2 Å². The maximum atomic E-state index is 12.7. The molecule has 0 saturated carbocycles. The van der Waals surface area contributed by atoms with Crippen LogP contribution in [-0.2, 0) is 16.0 Å². The summed E-state index contributed by atoms with van der Waals surface area (Å²) >= 11 is 6.81. The zero-order valence-corrected chi connectivity index (χ0v) is 18.8. The fourth-order valence-corrected chi connectivity index (χ4v) is 4.61. The highest BCUT2D eigenvalue weighted by molar-refractivity contribution is 8.26. The first-order chi connectivity index (χ1) is 14.0. The number of carboxylic acids is 1. The second-order valence-corrected chi connectivity index (χ2v) is 9.08. The van der Waals surface area contributed by atoms with E-state index in [1.165, 1.54) is 23.7 Å². The van der Waals surface area contributed by atoms with E-state index in [2.05, 4.69) is 19.1 Å². The number of nitrogens with zero attached hydrogens (tertiary/aromatic N) is 1. The van der Waals surface area contributed by atoms with E-state index in [1.54, 1.807) is 4.90 Å². The molecule has 1 aromatic rings. The van der Waals surface area contributed by atoms with Crippen molar-refractivity contribution in [3.63, 3.8) is 0 Å². The van der Waals surface area contributed by atoms with Gasteiger partial charge in [-0.15, -0.1) is 0 Å². The summed E-state index contributed by atoms with van der Waals surface area (Å²) in [6, 6.07) is 8.29. The minimum Gasteiger partial charge on any atom is -0.481 e. The lowest BCUT2D eigenvalue weighted by molar-refractivity contribution is -0.137. The van der Waals surface area contributed by atoms with Crippen LogP contribution in [0, 0.1) is 0 Å². The molecule has 1 saturated heterocycles. The van der Waals surface area contributed by atoms with Gasteiger partial charge in [0.15, 0.2) is 0 Å². The summed E-state index contributed by atoms with van der Waals surface area (Å²) in [6.07, 6.45) is 11.6. The lowest BCUT2D eigenvalue weighted by Gasteiger charge is -2.14. The fourth-order valence-electron chi connectivity index (χ4n) is 3.30. The van der Waals surface area contributed by atoms with E-state index in [9.17, 15) is 9.59 Å². The van der Waals surface area contributed by atoms with Crippen molar-refractivity contribution in [2.24, 2.45) is 0 Å². The Hall–Kier alpha value is -1.66. The molecule has 0 spiro atoms. The van der Waals surface area contributed by atoms with Crippen molar-refractivity contribution in [1.82, 2.24) is 4.90 Å². The first kappa shape index (κ1) is 23.6. The number of thiocarbonyl (C=S) groups is 1. The normalized spacial score (nSPS) is 15.5. The van der Waals surface area contributed by atoms with E-state index in [0.29, 0.717) is 15.8 Å². The van der Waals surface area contributed by atoms with Crippen LogP contribution in [0.25, 0.3) is 6.08 Å². The van der Waals surface area contributed by atoms with Gasteiger partial charge in [0.1, 0.15) is 4.32 Å². The molecule has 1 N–H and O–H groups in total. The highest BCUT2D eigenvalue weighted by atomic mass is 32.2. The molecule has 1 aliphatic rings. The third-order valence-electron chi connectivity index (χ3n) is 5.08. The van der Waals surface area contributed by atoms with Crippen LogP contribution in [0.5, 0.6) is 0 Å². The van der Waals surface area contributed by atoms with Gasteiger partial charge in [-0.1, -0.05) is 93.7 Å². The molecule has 6 heteroatoms. The van der Waals surface area contributed by atoms with Crippen LogP contribution in [0.1, 0.15) is 75.8 Å². The molecule has 0 unspecified atom stereocenters. The Bertz CT molecular complexity index is 728. The predicted molar refractivity (Wildman–Crippen MR) is 125 cm³/mol. The number of amides is 1. The summed E-state index contributed by atoms with van der Waals surface area (Å²) in [5, 5.41) is 8.61. The first-order valence-corrected chi connectivity index (χ1v) is 11.8. The monoisotopic (exact) mass is 433 g/mol. The van der Waals surface area contributed by atoms with E-state index in [0.717, 1.165) is 56.9 Å². The number of aliphatic carboxylic acids is 1. The Kier molecular flexibility index (Phi) is 10.4. The number of unbranched alkanes of at least 4 members (excludes halogenated alkanes) is 7. The van der Waals surface area contributed by atoms with Crippen LogP contribution >= 0.6 is 24.0 Å². The predicted octanol–water partition coefficient (Wildman–Crippen LogP) is 6.05. The molecule has 1 fully saturated rings. The van der Waals surface area contributed by atoms with Gasteiger partial charge in [-0.3, -0.25) is 14.5 Å². The largest absolute Gasteiger partial charge is 0.481 e. The van der Waals surface area contributed by atoms with Crippen molar-refractivity contribution in [1.29, 1.82) is 0 Å². The maximum absolute atomic E-state index is 12.7. The van der Waals surface area contributed by atoms with E-state index < -0.39 is 5.97 Å². The second kappa shape index (κ2) is 12.8. The molecule has 2 rings (SSSR count). The van der Waals surface area contributed by atoms with Gasteiger partial charge >= 0.3 is 5.97 Å². The van der Waals surface area contributed by atoms with Crippen molar-refractivity contribution < 1.29 is 14.7 Å². The van der Waals surface area contributed by atoms with Crippen LogP contribution < -0.4 is 0 Å². The summed E-state index contributed by atoms with van der Waals surface area (Å²) in [6.45, 7) is 2.82. The summed E-state index contributed by atoms with van der Waals surface area (Å²) in [5.41, 5.74) is 2.32.